The molecule has 0 saturated carbocycles. The van der Waals surface area contributed by atoms with Gasteiger partial charge in [0.1, 0.15) is 0 Å². The maximum Gasteiger partial charge on any atom is 0.261 e. The van der Waals surface area contributed by atoms with Crippen LogP contribution in [0.5, 0.6) is 0 Å². The van der Waals surface area contributed by atoms with Gasteiger partial charge in [0.25, 0.3) is 5.91 Å². The third-order valence-corrected chi connectivity index (χ3v) is 6.89. The van der Waals surface area contributed by atoms with Crippen LogP contribution >= 0.6 is 22.7 Å². The molecule has 3 aromatic rings. The van der Waals surface area contributed by atoms with Gasteiger partial charge in [-0.05, 0) is 30.0 Å². The molecule has 1 saturated heterocycles. The Hall–Kier alpha value is -2.15. The number of hydrogen-bond acceptors (Lipinski definition) is 5. The van der Waals surface area contributed by atoms with Crippen LogP contribution in [0, 0.1) is 0 Å². The molecule has 6 heteroatoms. The number of anilines is 1. The minimum absolute atomic E-state index is 0.00612. The highest BCUT2D eigenvalue weighted by Crippen LogP contribution is 2.39. The second-order valence-corrected chi connectivity index (χ2v) is 8.52. The Bertz CT molecular complexity index is 884. The van der Waals surface area contributed by atoms with Crippen molar-refractivity contribution in [3.05, 3.63) is 63.7 Å². The predicted octanol–water partition coefficient (Wildman–Crippen LogP) is 4.80. The summed E-state index contributed by atoms with van der Waals surface area (Å²) in [6.45, 7) is 5.19. The molecular formula is C21H22N2O2S2. The molecule has 27 heavy (non-hydrogen) atoms. The SMILES string of the molecule is CC(NC(=O)c1cc(-c2ccccc2)c(N2CCOCC2)s1)c1cccs1. The highest BCUT2D eigenvalue weighted by molar-refractivity contribution is 7.18. The fourth-order valence-corrected chi connectivity index (χ4v) is 5.07. The molecule has 0 aliphatic carbocycles. The molecule has 1 aliphatic rings. The van der Waals surface area contributed by atoms with E-state index in [2.05, 4.69) is 28.4 Å². The molecule has 0 spiro atoms. The minimum atomic E-state index is -0.0161. The summed E-state index contributed by atoms with van der Waals surface area (Å²) in [5, 5.41) is 6.32. The lowest BCUT2D eigenvalue weighted by molar-refractivity contribution is 0.0944. The number of thiophene rings is 2. The molecule has 4 rings (SSSR count). The van der Waals surface area contributed by atoms with Crippen LogP contribution in [-0.2, 0) is 4.74 Å². The molecule has 0 radical (unpaired) electrons. The third kappa shape index (κ3) is 4.08. The van der Waals surface area contributed by atoms with Gasteiger partial charge in [-0.3, -0.25) is 4.79 Å². The van der Waals surface area contributed by atoms with Crippen molar-refractivity contribution in [3.8, 4) is 11.1 Å². The summed E-state index contributed by atoms with van der Waals surface area (Å²) in [4.78, 5) is 17.1. The molecule has 1 amide bonds. The van der Waals surface area contributed by atoms with Gasteiger partial charge in [0.2, 0.25) is 0 Å². The molecular weight excluding hydrogens is 376 g/mol. The van der Waals surface area contributed by atoms with Crippen molar-refractivity contribution in [1.82, 2.24) is 5.32 Å². The van der Waals surface area contributed by atoms with E-state index in [1.54, 1.807) is 22.7 Å². The molecule has 1 N–H and O–H groups in total. The van der Waals surface area contributed by atoms with Crippen molar-refractivity contribution in [2.75, 3.05) is 31.2 Å². The Kier molecular flexibility index (Phi) is 5.57. The number of carbonyl (C=O) groups excluding carboxylic acids is 1. The van der Waals surface area contributed by atoms with Gasteiger partial charge in [0, 0.05) is 23.5 Å². The van der Waals surface area contributed by atoms with E-state index in [-0.39, 0.29) is 11.9 Å². The summed E-state index contributed by atoms with van der Waals surface area (Å²) in [5.74, 6) is -0.0161. The normalized spacial score (nSPS) is 15.5. The molecule has 3 heterocycles. The molecule has 2 aromatic heterocycles. The third-order valence-electron chi connectivity index (χ3n) is 4.64. The molecule has 1 aromatic carbocycles. The highest BCUT2D eigenvalue weighted by atomic mass is 32.1. The second-order valence-electron chi connectivity index (χ2n) is 6.51. The summed E-state index contributed by atoms with van der Waals surface area (Å²) in [5.41, 5.74) is 2.26. The van der Waals surface area contributed by atoms with Gasteiger partial charge in [0.15, 0.2) is 0 Å². The zero-order valence-electron chi connectivity index (χ0n) is 15.2. The Balaban J connectivity index is 1.63. The number of hydrogen-bond donors (Lipinski definition) is 1. The largest absolute Gasteiger partial charge is 0.378 e. The van der Waals surface area contributed by atoms with Gasteiger partial charge in [0.05, 0.1) is 29.1 Å². The minimum Gasteiger partial charge on any atom is -0.378 e. The number of nitrogens with one attached hydrogen (secondary N) is 1. The molecule has 1 atom stereocenters. The fourth-order valence-electron chi connectivity index (χ4n) is 3.20. The zero-order valence-corrected chi connectivity index (χ0v) is 16.8. The fraction of sp³-hybridized carbons (Fsp3) is 0.286. The topological polar surface area (TPSA) is 41.6 Å². The number of ether oxygens (including phenoxy) is 1. The van der Waals surface area contributed by atoms with E-state index in [9.17, 15) is 4.79 Å². The Morgan fingerprint density at radius 2 is 1.93 bits per heavy atom. The van der Waals surface area contributed by atoms with E-state index in [0.29, 0.717) is 0 Å². The zero-order chi connectivity index (χ0) is 18.6. The van der Waals surface area contributed by atoms with Crippen molar-refractivity contribution in [2.24, 2.45) is 0 Å². The Labute approximate surface area is 167 Å². The first-order chi connectivity index (χ1) is 13.2. The lowest BCUT2D eigenvalue weighted by Crippen LogP contribution is -2.35. The van der Waals surface area contributed by atoms with Crippen LogP contribution in [0.15, 0.2) is 53.9 Å². The Morgan fingerprint density at radius 1 is 1.15 bits per heavy atom. The van der Waals surface area contributed by atoms with Crippen molar-refractivity contribution >= 4 is 33.6 Å². The van der Waals surface area contributed by atoms with Gasteiger partial charge in [-0.1, -0.05) is 36.4 Å². The van der Waals surface area contributed by atoms with E-state index in [0.717, 1.165) is 52.2 Å². The maximum absolute atomic E-state index is 12.9. The lowest BCUT2D eigenvalue weighted by atomic mass is 10.1. The van der Waals surface area contributed by atoms with Crippen LogP contribution in [0.1, 0.15) is 27.5 Å². The number of benzene rings is 1. The number of morpholine rings is 1. The van der Waals surface area contributed by atoms with E-state index in [1.165, 1.54) is 0 Å². The van der Waals surface area contributed by atoms with Gasteiger partial charge >= 0.3 is 0 Å². The molecule has 1 unspecified atom stereocenters. The summed E-state index contributed by atoms with van der Waals surface area (Å²) >= 11 is 3.23. The first-order valence-corrected chi connectivity index (χ1v) is 10.8. The molecule has 4 nitrogen and oxygen atoms in total. The van der Waals surface area contributed by atoms with Crippen LogP contribution in [0.25, 0.3) is 11.1 Å². The predicted molar refractivity (Wildman–Crippen MR) is 113 cm³/mol. The van der Waals surface area contributed by atoms with E-state index >= 15 is 0 Å². The van der Waals surface area contributed by atoms with E-state index in [1.807, 2.05) is 42.6 Å². The second kappa shape index (κ2) is 8.25. The standard InChI is InChI=1S/C21H22N2O2S2/c1-15(18-8-5-13-26-18)22-20(24)19-14-17(16-6-3-2-4-7-16)21(27-19)23-9-11-25-12-10-23/h2-8,13-15H,9-12H2,1H3,(H,22,24). The van der Waals surface area contributed by atoms with Crippen molar-refractivity contribution in [1.29, 1.82) is 0 Å². The number of amides is 1. The van der Waals surface area contributed by atoms with Crippen LogP contribution in [0.4, 0.5) is 5.00 Å². The van der Waals surface area contributed by atoms with Crippen molar-refractivity contribution in [3.63, 3.8) is 0 Å². The monoisotopic (exact) mass is 398 g/mol. The number of nitrogens with zero attached hydrogens (tertiary/aromatic N) is 1. The Morgan fingerprint density at radius 3 is 2.63 bits per heavy atom. The van der Waals surface area contributed by atoms with Crippen molar-refractivity contribution < 1.29 is 9.53 Å². The van der Waals surface area contributed by atoms with E-state index < -0.39 is 0 Å². The maximum atomic E-state index is 12.9. The average molecular weight is 399 g/mol. The van der Waals surface area contributed by atoms with Crippen molar-refractivity contribution in [2.45, 2.75) is 13.0 Å². The molecule has 1 aliphatic heterocycles. The summed E-state index contributed by atoms with van der Waals surface area (Å²) in [6, 6.07) is 16.4. The number of rotatable bonds is 5. The summed E-state index contributed by atoms with van der Waals surface area (Å²) < 4.78 is 5.50. The quantitative estimate of drug-likeness (QED) is 0.671. The van der Waals surface area contributed by atoms with Crippen LogP contribution in [0.2, 0.25) is 0 Å². The first-order valence-electron chi connectivity index (χ1n) is 9.08. The molecule has 1 fully saturated rings. The average Bonchev–Trinajstić information content (AvgIpc) is 3.40. The van der Waals surface area contributed by atoms with Crippen LogP contribution < -0.4 is 10.2 Å². The molecule has 0 bridgehead atoms. The van der Waals surface area contributed by atoms with Gasteiger partial charge < -0.3 is 15.0 Å². The van der Waals surface area contributed by atoms with Crippen LogP contribution in [0.3, 0.4) is 0 Å². The highest BCUT2D eigenvalue weighted by Gasteiger charge is 2.22. The van der Waals surface area contributed by atoms with Gasteiger partial charge in [-0.25, -0.2) is 0 Å². The molecule has 140 valence electrons. The van der Waals surface area contributed by atoms with Gasteiger partial charge in [-0.15, -0.1) is 22.7 Å². The smallest absolute Gasteiger partial charge is 0.261 e. The summed E-state index contributed by atoms with van der Waals surface area (Å²) in [7, 11) is 0. The van der Waals surface area contributed by atoms with E-state index in [4.69, 9.17) is 4.74 Å². The lowest BCUT2D eigenvalue weighted by Gasteiger charge is -2.28. The number of carbonyl (C=O) groups is 1. The first kappa shape index (κ1) is 18.2. The summed E-state index contributed by atoms with van der Waals surface area (Å²) in [6.07, 6.45) is 0. The van der Waals surface area contributed by atoms with Crippen LogP contribution in [-0.4, -0.2) is 32.2 Å². The van der Waals surface area contributed by atoms with Gasteiger partial charge in [-0.2, -0.15) is 0 Å².